The number of alkyl halides is 3. The number of nitrogens with zero attached hydrogens (tertiary/aromatic N) is 2. The predicted octanol–water partition coefficient (Wildman–Crippen LogP) is 2.18. The Morgan fingerprint density at radius 1 is 1.24 bits per heavy atom. The van der Waals surface area contributed by atoms with Crippen LogP contribution < -0.4 is 4.90 Å². The second-order valence-electron chi connectivity index (χ2n) is 5.38. The average molecular weight is 356 g/mol. The van der Waals surface area contributed by atoms with Crippen LogP contribution in [0.1, 0.15) is 18.4 Å². The van der Waals surface area contributed by atoms with Crippen LogP contribution in [-0.2, 0) is 19.1 Å². The van der Waals surface area contributed by atoms with Gasteiger partial charge in [-0.05, 0) is 12.1 Å². The van der Waals surface area contributed by atoms with Gasteiger partial charge in [-0.25, -0.2) is 9.59 Å². The molecule has 0 bridgehead atoms. The van der Waals surface area contributed by atoms with E-state index in [9.17, 15) is 22.8 Å². The fourth-order valence-electron chi connectivity index (χ4n) is 2.48. The lowest BCUT2D eigenvalue weighted by atomic mass is 10.1. The van der Waals surface area contributed by atoms with Crippen molar-refractivity contribution in [1.82, 2.24) is 0 Å². The lowest BCUT2D eigenvalue weighted by molar-refractivity contribution is -0.202. The number of halogens is 3. The molecule has 9 heteroatoms. The van der Waals surface area contributed by atoms with Gasteiger partial charge in [0.05, 0.1) is 11.3 Å². The first-order valence-electron chi connectivity index (χ1n) is 7.48. The zero-order valence-electron chi connectivity index (χ0n) is 13.1. The van der Waals surface area contributed by atoms with E-state index >= 15 is 0 Å². The van der Waals surface area contributed by atoms with E-state index in [-0.39, 0.29) is 0 Å². The Morgan fingerprint density at radius 2 is 1.88 bits per heavy atom. The number of carbonyl (C=O) groups excluding carboxylic acids is 2. The van der Waals surface area contributed by atoms with Gasteiger partial charge in [-0.15, -0.1) is 0 Å². The Hall–Kier alpha value is -2.76. The highest BCUT2D eigenvalue weighted by Crippen LogP contribution is 2.24. The van der Waals surface area contributed by atoms with Gasteiger partial charge in [-0.2, -0.15) is 18.4 Å². The van der Waals surface area contributed by atoms with Gasteiger partial charge in [0.15, 0.2) is 6.61 Å². The number of rotatable bonds is 4. The van der Waals surface area contributed by atoms with Crippen molar-refractivity contribution in [2.45, 2.75) is 25.1 Å². The number of ether oxygens (including phenoxy) is 2. The van der Waals surface area contributed by atoms with E-state index in [1.165, 1.54) is 0 Å². The van der Waals surface area contributed by atoms with Crippen LogP contribution in [0.15, 0.2) is 24.3 Å². The number of piperidine rings is 1. The maximum absolute atomic E-state index is 12.0. The summed E-state index contributed by atoms with van der Waals surface area (Å²) in [4.78, 5) is 24.0. The Balaban J connectivity index is 1.80. The molecule has 0 radical (unpaired) electrons. The van der Waals surface area contributed by atoms with Crippen LogP contribution in [0.3, 0.4) is 0 Å². The first-order valence-corrected chi connectivity index (χ1v) is 7.48. The number of esters is 2. The van der Waals surface area contributed by atoms with Crippen molar-refractivity contribution in [2.75, 3.05) is 24.6 Å². The molecular weight excluding hydrogens is 341 g/mol. The van der Waals surface area contributed by atoms with Crippen LogP contribution in [0.2, 0.25) is 0 Å². The third kappa shape index (κ3) is 5.11. The summed E-state index contributed by atoms with van der Waals surface area (Å²) >= 11 is 0. The zero-order valence-corrected chi connectivity index (χ0v) is 13.1. The highest BCUT2D eigenvalue weighted by Gasteiger charge is 2.41. The molecule has 0 unspecified atom stereocenters. The summed E-state index contributed by atoms with van der Waals surface area (Å²) in [5.74, 6) is -3.44. The highest BCUT2D eigenvalue weighted by molar-refractivity contribution is 5.79. The maximum Gasteiger partial charge on any atom is 0.490 e. The summed E-state index contributed by atoms with van der Waals surface area (Å²) in [5, 5.41) is 9.11. The number of hydrogen-bond donors (Lipinski definition) is 0. The maximum atomic E-state index is 12.0. The quantitative estimate of drug-likeness (QED) is 0.770. The molecule has 0 aromatic heterocycles. The second-order valence-corrected chi connectivity index (χ2v) is 5.38. The monoisotopic (exact) mass is 356 g/mol. The minimum Gasteiger partial charge on any atom is -0.460 e. The SMILES string of the molecule is N#Cc1ccccc1N1CCC(OC(=O)COC(=O)C(F)(F)F)CC1. The molecule has 0 atom stereocenters. The van der Waals surface area contributed by atoms with Gasteiger partial charge in [0.2, 0.25) is 0 Å². The Kier molecular flexibility index (Phi) is 5.85. The first kappa shape index (κ1) is 18.6. The molecule has 0 aliphatic carbocycles. The summed E-state index contributed by atoms with van der Waals surface area (Å²) in [6.07, 6.45) is -4.69. The van der Waals surface area contributed by atoms with E-state index in [0.29, 0.717) is 31.5 Å². The zero-order chi connectivity index (χ0) is 18.4. The van der Waals surface area contributed by atoms with Crippen molar-refractivity contribution in [3.63, 3.8) is 0 Å². The number of hydrogen-bond acceptors (Lipinski definition) is 6. The molecule has 0 N–H and O–H groups in total. The molecule has 1 aromatic rings. The van der Waals surface area contributed by atoms with Crippen molar-refractivity contribution in [3.05, 3.63) is 29.8 Å². The molecular formula is C16H15F3N2O4. The van der Waals surface area contributed by atoms with Crippen molar-refractivity contribution in [1.29, 1.82) is 5.26 Å². The third-order valence-electron chi connectivity index (χ3n) is 3.66. The molecule has 1 saturated heterocycles. The molecule has 6 nitrogen and oxygen atoms in total. The molecule has 1 aliphatic heterocycles. The number of para-hydroxylation sites is 1. The fourth-order valence-corrected chi connectivity index (χ4v) is 2.48. The molecule has 1 heterocycles. The van der Waals surface area contributed by atoms with E-state index in [1.54, 1.807) is 12.1 Å². The molecule has 0 amide bonds. The molecule has 0 spiro atoms. The van der Waals surface area contributed by atoms with Gasteiger partial charge in [-0.3, -0.25) is 0 Å². The van der Waals surface area contributed by atoms with E-state index in [0.717, 1.165) is 5.69 Å². The van der Waals surface area contributed by atoms with Crippen molar-refractivity contribution >= 4 is 17.6 Å². The molecule has 2 rings (SSSR count). The summed E-state index contributed by atoms with van der Waals surface area (Å²) in [6.45, 7) is -0.0201. The molecule has 0 saturated carbocycles. The van der Waals surface area contributed by atoms with Crippen molar-refractivity contribution in [3.8, 4) is 6.07 Å². The van der Waals surface area contributed by atoms with Gasteiger partial charge in [0.25, 0.3) is 0 Å². The van der Waals surface area contributed by atoms with Gasteiger partial charge >= 0.3 is 18.1 Å². The van der Waals surface area contributed by atoms with E-state index in [1.807, 2.05) is 17.0 Å². The Bertz CT molecular complexity index is 677. The lowest BCUT2D eigenvalue weighted by Crippen LogP contribution is -2.39. The second kappa shape index (κ2) is 7.88. The number of carbonyl (C=O) groups is 2. The summed E-state index contributed by atoms with van der Waals surface area (Å²) in [5.41, 5.74) is 1.32. The van der Waals surface area contributed by atoms with Crippen molar-refractivity contribution in [2.24, 2.45) is 0 Å². The molecule has 25 heavy (non-hydrogen) atoms. The molecule has 1 aliphatic rings. The summed E-state index contributed by atoms with van der Waals surface area (Å²) < 4.78 is 44.8. The minimum atomic E-state index is -5.14. The predicted molar refractivity (Wildman–Crippen MR) is 79.5 cm³/mol. The fraction of sp³-hybridized carbons (Fsp3) is 0.438. The Morgan fingerprint density at radius 3 is 2.48 bits per heavy atom. The van der Waals surface area contributed by atoms with Gasteiger partial charge < -0.3 is 14.4 Å². The number of benzene rings is 1. The normalized spacial score (nSPS) is 15.4. The summed E-state index contributed by atoms with van der Waals surface area (Å²) in [6, 6.07) is 9.21. The van der Waals surface area contributed by atoms with Gasteiger partial charge in [0, 0.05) is 25.9 Å². The van der Waals surface area contributed by atoms with Crippen LogP contribution in [0.25, 0.3) is 0 Å². The minimum absolute atomic E-state index is 0.457. The number of anilines is 1. The topological polar surface area (TPSA) is 79.6 Å². The van der Waals surface area contributed by atoms with E-state index in [2.05, 4.69) is 10.8 Å². The van der Waals surface area contributed by atoms with E-state index < -0.39 is 30.8 Å². The summed E-state index contributed by atoms with van der Waals surface area (Å²) in [7, 11) is 0. The van der Waals surface area contributed by atoms with Crippen molar-refractivity contribution < 1.29 is 32.2 Å². The third-order valence-corrected chi connectivity index (χ3v) is 3.66. The molecule has 134 valence electrons. The molecule has 1 aromatic carbocycles. The van der Waals surface area contributed by atoms with Crippen LogP contribution in [-0.4, -0.2) is 43.9 Å². The smallest absolute Gasteiger partial charge is 0.460 e. The average Bonchev–Trinajstić information content (AvgIpc) is 2.59. The standard InChI is InChI=1S/C16H15F3N2O4/c17-16(18,19)15(23)24-10-14(22)25-12-5-7-21(8-6-12)13-4-2-1-3-11(13)9-20/h1-4,12H,5-8,10H2. The number of nitriles is 1. The largest absolute Gasteiger partial charge is 0.490 e. The molecule has 1 fully saturated rings. The van der Waals surface area contributed by atoms with Gasteiger partial charge in [0.1, 0.15) is 12.2 Å². The van der Waals surface area contributed by atoms with Crippen LogP contribution >= 0.6 is 0 Å². The van der Waals surface area contributed by atoms with Crippen LogP contribution in [0, 0.1) is 11.3 Å². The van der Waals surface area contributed by atoms with Crippen LogP contribution in [0.4, 0.5) is 18.9 Å². The lowest BCUT2D eigenvalue weighted by Gasteiger charge is -2.33. The van der Waals surface area contributed by atoms with E-state index in [4.69, 9.17) is 10.00 Å². The van der Waals surface area contributed by atoms with Gasteiger partial charge in [-0.1, -0.05) is 12.1 Å². The first-order chi connectivity index (χ1) is 11.8. The van der Waals surface area contributed by atoms with Crippen LogP contribution in [0.5, 0.6) is 0 Å². The highest BCUT2D eigenvalue weighted by atomic mass is 19.4. The Labute approximate surface area is 141 Å².